The van der Waals surface area contributed by atoms with Crippen molar-refractivity contribution in [3.63, 3.8) is 0 Å². The highest BCUT2D eigenvalue weighted by molar-refractivity contribution is 5.54. The van der Waals surface area contributed by atoms with Gasteiger partial charge in [0.2, 0.25) is 0 Å². The van der Waals surface area contributed by atoms with Crippen LogP contribution >= 0.6 is 0 Å². The Morgan fingerprint density at radius 1 is 0.931 bits per heavy atom. The lowest BCUT2D eigenvalue weighted by molar-refractivity contribution is 0.302. The molecular formula is C22H24N6O. The zero-order valence-corrected chi connectivity index (χ0v) is 16.6. The summed E-state index contributed by atoms with van der Waals surface area (Å²) < 4.78 is 5.98. The SMILES string of the molecule is CCc1cc(N2CCN(c3ncnc4c3Cc3ccccc3OC4)CC2)ncn1. The molecule has 3 aromatic rings. The van der Waals surface area contributed by atoms with Gasteiger partial charge in [0, 0.05) is 49.9 Å². The Kier molecular flexibility index (Phi) is 4.71. The number of anilines is 2. The number of benzene rings is 1. The molecule has 5 rings (SSSR count). The van der Waals surface area contributed by atoms with E-state index >= 15 is 0 Å². The molecule has 1 fully saturated rings. The van der Waals surface area contributed by atoms with Crippen molar-refractivity contribution < 1.29 is 4.74 Å². The summed E-state index contributed by atoms with van der Waals surface area (Å²) in [6.07, 6.45) is 5.06. The number of aromatic nitrogens is 4. The van der Waals surface area contributed by atoms with Crippen LogP contribution in [0.5, 0.6) is 5.75 Å². The molecule has 7 nitrogen and oxygen atoms in total. The minimum Gasteiger partial charge on any atom is -0.487 e. The molecule has 0 bridgehead atoms. The van der Waals surface area contributed by atoms with Crippen LogP contribution in [0.15, 0.2) is 43.0 Å². The minimum absolute atomic E-state index is 0.489. The normalized spacial score (nSPS) is 15.9. The molecule has 0 amide bonds. The summed E-state index contributed by atoms with van der Waals surface area (Å²) in [6, 6.07) is 10.3. The topological polar surface area (TPSA) is 67.3 Å². The Labute approximate surface area is 170 Å². The number of ether oxygens (including phenoxy) is 1. The molecule has 0 atom stereocenters. The van der Waals surface area contributed by atoms with Crippen LogP contribution in [0, 0.1) is 0 Å². The van der Waals surface area contributed by atoms with E-state index in [1.54, 1.807) is 12.7 Å². The molecule has 2 aliphatic rings. The van der Waals surface area contributed by atoms with Crippen LogP contribution < -0.4 is 14.5 Å². The van der Waals surface area contributed by atoms with Crippen molar-refractivity contribution in [1.82, 2.24) is 19.9 Å². The molecule has 148 valence electrons. The van der Waals surface area contributed by atoms with Crippen molar-refractivity contribution in [1.29, 1.82) is 0 Å². The van der Waals surface area contributed by atoms with E-state index in [1.807, 2.05) is 12.1 Å². The summed E-state index contributed by atoms with van der Waals surface area (Å²) in [5, 5.41) is 0. The van der Waals surface area contributed by atoms with Crippen molar-refractivity contribution in [2.45, 2.75) is 26.4 Å². The van der Waals surface area contributed by atoms with Crippen LogP contribution in [-0.2, 0) is 19.4 Å². The average Bonchev–Trinajstić information content (AvgIpc) is 2.98. The lowest BCUT2D eigenvalue weighted by Crippen LogP contribution is -2.47. The van der Waals surface area contributed by atoms with Gasteiger partial charge in [-0.3, -0.25) is 0 Å². The van der Waals surface area contributed by atoms with E-state index in [9.17, 15) is 0 Å². The van der Waals surface area contributed by atoms with Gasteiger partial charge in [0.05, 0.1) is 5.69 Å². The Morgan fingerprint density at radius 2 is 1.72 bits per heavy atom. The first-order chi connectivity index (χ1) is 14.3. The first kappa shape index (κ1) is 17.8. The van der Waals surface area contributed by atoms with E-state index in [1.165, 1.54) is 11.1 Å². The van der Waals surface area contributed by atoms with Gasteiger partial charge in [-0.15, -0.1) is 0 Å². The van der Waals surface area contributed by atoms with Gasteiger partial charge < -0.3 is 14.5 Å². The number of hydrogen-bond acceptors (Lipinski definition) is 7. The van der Waals surface area contributed by atoms with Crippen molar-refractivity contribution in [3.8, 4) is 5.75 Å². The summed E-state index contributed by atoms with van der Waals surface area (Å²) in [4.78, 5) is 22.7. The maximum Gasteiger partial charge on any atom is 0.136 e. The molecule has 0 saturated carbocycles. The maximum absolute atomic E-state index is 5.98. The Morgan fingerprint density at radius 3 is 2.59 bits per heavy atom. The minimum atomic E-state index is 0.489. The molecule has 2 aromatic heterocycles. The van der Waals surface area contributed by atoms with Gasteiger partial charge in [0.25, 0.3) is 0 Å². The van der Waals surface area contributed by atoms with E-state index < -0.39 is 0 Å². The summed E-state index contributed by atoms with van der Waals surface area (Å²) in [5.74, 6) is 2.99. The number of hydrogen-bond donors (Lipinski definition) is 0. The van der Waals surface area contributed by atoms with Gasteiger partial charge in [-0.2, -0.15) is 0 Å². The first-order valence-corrected chi connectivity index (χ1v) is 10.2. The molecule has 2 aliphatic heterocycles. The third kappa shape index (κ3) is 3.48. The maximum atomic E-state index is 5.98. The molecule has 1 aromatic carbocycles. The molecule has 0 radical (unpaired) electrons. The molecule has 0 N–H and O–H groups in total. The van der Waals surface area contributed by atoms with E-state index in [0.29, 0.717) is 6.61 Å². The Balaban J connectivity index is 1.37. The third-order valence-electron chi connectivity index (χ3n) is 5.69. The van der Waals surface area contributed by atoms with Gasteiger partial charge >= 0.3 is 0 Å². The van der Waals surface area contributed by atoms with Gasteiger partial charge in [-0.25, -0.2) is 19.9 Å². The second-order valence-electron chi connectivity index (χ2n) is 7.39. The van der Waals surface area contributed by atoms with E-state index in [0.717, 1.165) is 67.8 Å². The number of para-hydroxylation sites is 1. The summed E-state index contributed by atoms with van der Waals surface area (Å²) >= 11 is 0. The number of nitrogens with zero attached hydrogens (tertiary/aromatic N) is 6. The largest absolute Gasteiger partial charge is 0.487 e. The van der Waals surface area contributed by atoms with Crippen LogP contribution in [0.1, 0.15) is 29.4 Å². The smallest absolute Gasteiger partial charge is 0.136 e. The lowest BCUT2D eigenvalue weighted by atomic mass is 10.0. The van der Waals surface area contributed by atoms with Gasteiger partial charge in [0.15, 0.2) is 0 Å². The number of rotatable bonds is 3. The Bertz CT molecular complexity index is 1020. The predicted octanol–water partition coefficient (Wildman–Crippen LogP) is 2.64. The monoisotopic (exact) mass is 388 g/mol. The molecule has 0 spiro atoms. The van der Waals surface area contributed by atoms with Crippen molar-refractivity contribution in [2.24, 2.45) is 0 Å². The van der Waals surface area contributed by atoms with Gasteiger partial charge in [-0.05, 0) is 18.1 Å². The molecule has 7 heteroatoms. The van der Waals surface area contributed by atoms with Crippen LogP contribution in [-0.4, -0.2) is 46.1 Å². The second-order valence-corrected chi connectivity index (χ2v) is 7.39. The molecule has 1 saturated heterocycles. The first-order valence-electron chi connectivity index (χ1n) is 10.2. The third-order valence-corrected chi connectivity index (χ3v) is 5.69. The van der Waals surface area contributed by atoms with Gasteiger partial charge in [0.1, 0.15) is 36.6 Å². The fraction of sp³-hybridized carbons (Fsp3) is 0.364. The van der Waals surface area contributed by atoms with E-state index in [-0.39, 0.29) is 0 Å². The summed E-state index contributed by atoms with van der Waals surface area (Å²) in [6.45, 7) is 6.22. The van der Waals surface area contributed by atoms with Crippen LogP contribution in [0.4, 0.5) is 11.6 Å². The molecule has 29 heavy (non-hydrogen) atoms. The summed E-state index contributed by atoms with van der Waals surface area (Å²) in [7, 11) is 0. The molecule has 0 aliphatic carbocycles. The lowest BCUT2D eigenvalue weighted by Gasteiger charge is -2.37. The molecule has 4 heterocycles. The number of piperazine rings is 1. The number of fused-ring (bicyclic) bond motifs is 2. The van der Waals surface area contributed by atoms with E-state index in [2.05, 4.69) is 54.9 Å². The standard InChI is InChI=1S/C22H24N6O/c1-2-17-12-21(25-14-23-17)27-7-9-28(10-8-27)22-18-11-16-5-3-4-6-20(16)29-13-19(18)24-15-26-22/h3-6,12,14-15H,2,7-11,13H2,1H3. The number of aryl methyl sites for hydroxylation is 1. The fourth-order valence-electron chi connectivity index (χ4n) is 4.04. The quantitative estimate of drug-likeness (QED) is 0.683. The summed E-state index contributed by atoms with van der Waals surface area (Å²) in [5.41, 5.74) is 4.43. The highest BCUT2D eigenvalue weighted by Crippen LogP contribution is 2.32. The zero-order valence-electron chi connectivity index (χ0n) is 16.6. The van der Waals surface area contributed by atoms with E-state index in [4.69, 9.17) is 4.74 Å². The predicted molar refractivity (Wildman–Crippen MR) is 111 cm³/mol. The molecule has 0 unspecified atom stereocenters. The second kappa shape index (κ2) is 7.66. The van der Waals surface area contributed by atoms with Crippen LogP contribution in [0.3, 0.4) is 0 Å². The van der Waals surface area contributed by atoms with Crippen LogP contribution in [0.25, 0.3) is 0 Å². The fourth-order valence-corrected chi connectivity index (χ4v) is 4.04. The zero-order chi connectivity index (χ0) is 19.6. The van der Waals surface area contributed by atoms with Crippen molar-refractivity contribution >= 4 is 11.6 Å². The Hall–Kier alpha value is -3.22. The highest BCUT2D eigenvalue weighted by atomic mass is 16.5. The highest BCUT2D eigenvalue weighted by Gasteiger charge is 2.25. The van der Waals surface area contributed by atoms with Gasteiger partial charge in [-0.1, -0.05) is 25.1 Å². The van der Waals surface area contributed by atoms with Crippen molar-refractivity contribution in [2.75, 3.05) is 36.0 Å². The average molecular weight is 388 g/mol. The van der Waals surface area contributed by atoms with Crippen LogP contribution in [0.2, 0.25) is 0 Å². The molecular weight excluding hydrogens is 364 g/mol. The van der Waals surface area contributed by atoms with Crippen molar-refractivity contribution in [3.05, 3.63) is 65.5 Å².